The predicted molar refractivity (Wildman–Crippen MR) is 74.7 cm³/mol. The van der Waals surface area contributed by atoms with Crippen molar-refractivity contribution in [2.45, 2.75) is 26.8 Å². The molecule has 0 aliphatic heterocycles. The van der Waals surface area contributed by atoms with E-state index >= 15 is 0 Å². The van der Waals surface area contributed by atoms with Crippen LogP contribution in [0.3, 0.4) is 0 Å². The van der Waals surface area contributed by atoms with E-state index in [-0.39, 0.29) is 11.6 Å². The molecule has 0 saturated heterocycles. The van der Waals surface area contributed by atoms with Gasteiger partial charge < -0.3 is 11.1 Å². The highest BCUT2D eigenvalue weighted by Gasteiger charge is 2.16. The van der Waals surface area contributed by atoms with Gasteiger partial charge in [-0.3, -0.25) is 9.89 Å². The molecule has 5 heteroatoms. The molecule has 1 aromatic carbocycles. The largest absolute Gasteiger partial charge is 0.395 e. The fraction of sp³-hybridized carbons (Fsp3) is 0.286. The van der Waals surface area contributed by atoms with Gasteiger partial charge in [-0.15, -0.1) is 0 Å². The second-order valence-electron chi connectivity index (χ2n) is 4.43. The number of anilines is 1. The molecule has 2 aromatic rings. The maximum Gasteiger partial charge on any atom is 0.274 e. The van der Waals surface area contributed by atoms with Crippen molar-refractivity contribution in [2.75, 3.05) is 5.73 Å². The lowest BCUT2D eigenvalue weighted by molar-refractivity contribution is 0.0946. The standard InChI is InChI=1S/C14H18N4O/c1-3-11-12(15)13(18-17-11)14(19)16-8-10-7-5-4-6-9(10)2/h4-7H,3,8,15H2,1-2H3,(H,16,19)(H,17,18). The second-order valence-corrected chi connectivity index (χ2v) is 4.43. The van der Waals surface area contributed by atoms with Crippen molar-refractivity contribution in [2.24, 2.45) is 0 Å². The van der Waals surface area contributed by atoms with Crippen molar-refractivity contribution in [1.29, 1.82) is 0 Å². The van der Waals surface area contributed by atoms with E-state index in [0.717, 1.165) is 23.2 Å². The topological polar surface area (TPSA) is 83.8 Å². The van der Waals surface area contributed by atoms with Crippen LogP contribution >= 0.6 is 0 Å². The van der Waals surface area contributed by atoms with Crippen LogP contribution in [0.25, 0.3) is 0 Å². The van der Waals surface area contributed by atoms with Crippen LogP contribution in [0.2, 0.25) is 0 Å². The van der Waals surface area contributed by atoms with Gasteiger partial charge in [0.05, 0.1) is 11.4 Å². The Kier molecular flexibility index (Phi) is 3.85. The maximum atomic E-state index is 12.0. The normalized spacial score (nSPS) is 10.4. The number of amides is 1. The molecule has 0 fully saturated rings. The van der Waals surface area contributed by atoms with E-state index in [1.165, 1.54) is 0 Å². The number of nitrogen functional groups attached to an aromatic ring is 1. The summed E-state index contributed by atoms with van der Waals surface area (Å²) in [6.07, 6.45) is 0.726. The summed E-state index contributed by atoms with van der Waals surface area (Å²) >= 11 is 0. The van der Waals surface area contributed by atoms with Crippen LogP contribution in [-0.4, -0.2) is 16.1 Å². The zero-order valence-corrected chi connectivity index (χ0v) is 11.2. The molecule has 1 amide bonds. The van der Waals surface area contributed by atoms with E-state index in [2.05, 4.69) is 15.5 Å². The Morgan fingerprint density at radius 2 is 2.16 bits per heavy atom. The lowest BCUT2D eigenvalue weighted by atomic mass is 10.1. The summed E-state index contributed by atoms with van der Waals surface area (Å²) in [5, 5.41) is 9.57. The number of hydrogen-bond acceptors (Lipinski definition) is 3. The van der Waals surface area contributed by atoms with Crippen molar-refractivity contribution >= 4 is 11.6 Å². The molecule has 0 aliphatic rings. The number of nitrogens with one attached hydrogen (secondary N) is 2. The molecule has 4 N–H and O–H groups in total. The number of aromatic amines is 1. The van der Waals surface area contributed by atoms with Gasteiger partial charge in [-0.2, -0.15) is 5.10 Å². The first-order valence-electron chi connectivity index (χ1n) is 6.29. The van der Waals surface area contributed by atoms with Gasteiger partial charge in [0, 0.05) is 6.54 Å². The van der Waals surface area contributed by atoms with Crippen molar-refractivity contribution < 1.29 is 4.79 Å². The lowest BCUT2D eigenvalue weighted by Gasteiger charge is -2.06. The summed E-state index contributed by atoms with van der Waals surface area (Å²) in [4.78, 5) is 12.0. The third-order valence-electron chi connectivity index (χ3n) is 3.15. The number of benzene rings is 1. The summed E-state index contributed by atoms with van der Waals surface area (Å²) in [5.41, 5.74) is 9.58. The summed E-state index contributed by atoms with van der Waals surface area (Å²) in [6.45, 7) is 4.44. The van der Waals surface area contributed by atoms with Crippen LogP contribution in [0.5, 0.6) is 0 Å². The number of aromatic nitrogens is 2. The van der Waals surface area contributed by atoms with E-state index in [1.807, 2.05) is 38.1 Å². The van der Waals surface area contributed by atoms with Crippen molar-refractivity contribution in [3.63, 3.8) is 0 Å². The predicted octanol–water partition coefficient (Wildman–Crippen LogP) is 1.79. The summed E-state index contributed by atoms with van der Waals surface area (Å²) in [7, 11) is 0. The maximum absolute atomic E-state index is 12.0. The summed E-state index contributed by atoms with van der Waals surface area (Å²) < 4.78 is 0. The Balaban J connectivity index is 2.06. The Hall–Kier alpha value is -2.30. The number of nitrogens with two attached hydrogens (primary N) is 1. The fourth-order valence-corrected chi connectivity index (χ4v) is 1.90. The van der Waals surface area contributed by atoms with Gasteiger partial charge in [0.15, 0.2) is 5.69 Å². The van der Waals surface area contributed by atoms with Crippen LogP contribution in [0.4, 0.5) is 5.69 Å². The highest BCUT2D eigenvalue weighted by Crippen LogP contribution is 2.14. The smallest absolute Gasteiger partial charge is 0.274 e. The molecule has 0 radical (unpaired) electrons. The Labute approximate surface area is 112 Å². The molecule has 0 saturated carbocycles. The molecule has 1 heterocycles. The number of H-pyrrole nitrogens is 1. The monoisotopic (exact) mass is 258 g/mol. The molecular weight excluding hydrogens is 240 g/mol. The molecule has 1 aromatic heterocycles. The minimum absolute atomic E-state index is 0.253. The van der Waals surface area contributed by atoms with Crippen molar-refractivity contribution in [3.8, 4) is 0 Å². The summed E-state index contributed by atoms with van der Waals surface area (Å²) in [5.74, 6) is -0.253. The molecule has 19 heavy (non-hydrogen) atoms. The summed E-state index contributed by atoms with van der Waals surface area (Å²) in [6, 6.07) is 7.92. The Morgan fingerprint density at radius 1 is 1.42 bits per heavy atom. The second kappa shape index (κ2) is 5.56. The van der Waals surface area contributed by atoms with Gasteiger partial charge in [0.1, 0.15) is 0 Å². The Morgan fingerprint density at radius 3 is 2.79 bits per heavy atom. The van der Waals surface area contributed by atoms with E-state index in [9.17, 15) is 4.79 Å². The number of hydrogen-bond donors (Lipinski definition) is 3. The van der Waals surface area contributed by atoms with Gasteiger partial charge in [-0.05, 0) is 24.5 Å². The quantitative estimate of drug-likeness (QED) is 0.781. The van der Waals surface area contributed by atoms with E-state index in [1.54, 1.807) is 0 Å². The first-order valence-corrected chi connectivity index (χ1v) is 6.29. The number of carbonyl (C=O) groups is 1. The molecule has 0 aliphatic carbocycles. The number of aryl methyl sites for hydroxylation is 2. The highest BCUT2D eigenvalue weighted by atomic mass is 16.1. The zero-order valence-electron chi connectivity index (χ0n) is 11.2. The molecule has 0 atom stereocenters. The van der Waals surface area contributed by atoms with E-state index in [0.29, 0.717) is 12.2 Å². The third-order valence-corrected chi connectivity index (χ3v) is 3.15. The number of rotatable bonds is 4. The molecule has 0 unspecified atom stereocenters. The van der Waals surface area contributed by atoms with Crippen LogP contribution < -0.4 is 11.1 Å². The van der Waals surface area contributed by atoms with E-state index in [4.69, 9.17) is 5.73 Å². The minimum Gasteiger partial charge on any atom is -0.395 e. The minimum atomic E-state index is -0.253. The molecule has 0 spiro atoms. The molecular formula is C14H18N4O. The molecule has 5 nitrogen and oxygen atoms in total. The highest BCUT2D eigenvalue weighted by molar-refractivity contribution is 5.97. The average molecular weight is 258 g/mol. The fourth-order valence-electron chi connectivity index (χ4n) is 1.90. The van der Waals surface area contributed by atoms with Gasteiger partial charge in [0.2, 0.25) is 0 Å². The molecule has 100 valence electrons. The number of carbonyl (C=O) groups excluding carboxylic acids is 1. The van der Waals surface area contributed by atoms with Gasteiger partial charge in [-0.25, -0.2) is 0 Å². The zero-order chi connectivity index (χ0) is 13.8. The van der Waals surface area contributed by atoms with E-state index < -0.39 is 0 Å². The van der Waals surface area contributed by atoms with Crippen LogP contribution in [0.15, 0.2) is 24.3 Å². The molecule has 2 rings (SSSR count). The average Bonchev–Trinajstić information content (AvgIpc) is 2.78. The Bertz CT molecular complexity index is 589. The van der Waals surface area contributed by atoms with Crippen molar-refractivity contribution in [1.82, 2.24) is 15.5 Å². The van der Waals surface area contributed by atoms with Gasteiger partial charge in [0.25, 0.3) is 5.91 Å². The number of nitrogens with zero attached hydrogens (tertiary/aromatic N) is 1. The van der Waals surface area contributed by atoms with Crippen LogP contribution in [0.1, 0.15) is 34.2 Å². The third kappa shape index (κ3) is 2.76. The van der Waals surface area contributed by atoms with Crippen LogP contribution in [0, 0.1) is 6.92 Å². The van der Waals surface area contributed by atoms with Gasteiger partial charge in [-0.1, -0.05) is 31.2 Å². The van der Waals surface area contributed by atoms with Gasteiger partial charge >= 0.3 is 0 Å². The van der Waals surface area contributed by atoms with Crippen molar-refractivity contribution in [3.05, 3.63) is 46.8 Å². The first-order chi connectivity index (χ1) is 9.13. The SMILES string of the molecule is CCc1[nH]nc(C(=O)NCc2ccccc2C)c1N. The van der Waals surface area contributed by atoms with Crippen LogP contribution in [-0.2, 0) is 13.0 Å². The lowest BCUT2D eigenvalue weighted by Crippen LogP contribution is -2.24. The first kappa shape index (κ1) is 13.1. The molecule has 0 bridgehead atoms.